The van der Waals surface area contributed by atoms with Crippen LogP contribution in [0, 0.1) is 0 Å². The van der Waals surface area contributed by atoms with Crippen molar-refractivity contribution in [3.05, 3.63) is 0 Å². The molecule has 0 bridgehead atoms. The molecule has 4 N–H and O–H groups in total. The van der Waals surface area contributed by atoms with Gasteiger partial charge in [0, 0.05) is 13.1 Å². The number of aliphatic carboxylic acids is 2. The monoisotopic (exact) mass is 199 g/mol. The first-order valence-corrected chi connectivity index (χ1v) is 2.34. The summed E-state index contributed by atoms with van der Waals surface area (Å²) in [5.74, 6) is -2.44. The molecular formula is C4H8N2O4V. The fraction of sp³-hybridized carbons (Fsp3) is 0.500. The maximum Gasteiger partial charge on any atom is 2.00 e. The molecule has 0 aliphatic carbocycles. The van der Waals surface area contributed by atoms with E-state index in [1.807, 2.05) is 0 Å². The number of carboxylic acids is 2. The molecule has 1 radical (unpaired) electrons. The van der Waals surface area contributed by atoms with Crippen LogP contribution in [-0.4, -0.2) is 25.0 Å². The van der Waals surface area contributed by atoms with Gasteiger partial charge in [-0.05, 0) is 0 Å². The van der Waals surface area contributed by atoms with Gasteiger partial charge in [-0.1, -0.05) is 0 Å². The average molecular weight is 199 g/mol. The normalized spacial score (nSPS) is 6.73. The average Bonchev–Trinajstić information content (AvgIpc) is 1.89. The fourth-order valence-electron chi connectivity index (χ4n) is 0. The molecule has 6 nitrogen and oxygen atoms in total. The Kier molecular flexibility index (Phi) is 18.6. The van der Waals surface area contributed by atoms with Gasteiger partial charge in [-0.25, -0.2) is 0 Å². The molecule has 0 unspecified atom stereocenters. The molecule has 0 saturated heterocycles. The van der Waals surface area contributed by atoms with Crippen LogP contribution in [0.2, 0.25) is 0 Å². The molecule has 0 heterocycles. The van der Waals surface area contributed by atoms with Gasteiger partial charge in [-0.2, -0.15) is 0 Å². The second kappa shape index (κ2) is 12.2. The van der Waals surface area contributed by atoms with Crippen molar-refractivity contribution in [1.82, 2.24) is 0 Å². The van der Waals surface area contributed by atoms with Gasteiger partial charge in [0.25, 0.3) is 0 Å². The summed E-state index contributed by atoms with van der Waals surface area (Å²) in [6.07, 6.45) is 0. The molecular weight excluding hydrogens is 191 g/mol. The molecule has 0 aliphatic rings. The molecule has 0 fully saturated rings. The molecule has 63 valence electrons. The molecule has 0 spiro atoms. The largest absolute Gasteiger partial charge is 2.00 e. The number of hydrogen-bond donors (Lipinski definition) is 2. The number of carboxylic acid groups (broad SMARTS) is 2. The summed E-state index contributed by atoms with van der Waals surface area (Å²) in [5.41, 5.74) is 9.02. The molecule has 0 aromatic heterocycles. The van der Waals surface area contributed by atoms with Crippen LogP contribution in [0.1, 0.15) is 0 Å². The predicted octanol–water partition coefficient (Wildman–Crippen LogP) is -4.61. The van der Waals surface area contributed by atoms with Crippen LogP contribution in [0.5, 0.6) is 0 Å². The quantitative estimate of drug-likeness (QED) is 0.459. The van der Waals surface area contributed by atoms with E-state index in [0.29, 0.717) is 0 Å². The minimum atomic E-state index is -1.22. The number of rotatable bonds is 2. The fourth-order valence-corrected chi connectivity index (χ4v) is 0. The Bertz CT molecular complexity index is 105. The van der Waals surface area contributed by atoms with Crippen molar-refractivity contribution < 1.29 is 38.4 Å². The zero-order valence-electron chi connectivity index (χ0n) is 5.65. The first kappa shape index (κ1) is 16.8. The maximum absolute atomic E-state index is 9.13. The van der Waals surface area contributed by atoms with Gasteiger partial charge < -0.3 is 31.3 Å². The van der Waals surface area contributed by atoms with Crippen LogP contribution in [0.4, 0.5) is 0 Å². The minimum Gasteiger partial charge on any atom is -0.549 e. The maximum atomic E-state index is 9.13. The van der Waals surface area contributed by atoms with Gasteiger partial charge in [-0.15, -0.1) is 0 Å². The third kappa shape index (κ3) is 44.1. The predicted molar refractivity (Wildman–Crippen MR) is 28.1 cm³/mol. The summed E-state index contributed by atoms with van der Waals surface area (Å²) >= 11 is 0. The number of carbonyl (C=O) groups is 2. The molecule has 0 aliphatic heterocycles. The first-order chi connectivity index (χ1) is 4.54. The molecule has 0 amide bonds. The molecule has 0 aromatic rings. The summed E-state index contributed by atoms with van der Waals surface area (Å²) < 4.78 is 0. The van der Waals surface area contributed by atoms with Crippen molar-refractivity contribution in [2.24, 2.45) is 11.5 Å². The van der Waals surface area contributed by atoms with Gasteiger partial charge in [0.05, 0.1) is 11.9 Å². The van der Waals surface area contributed by atoms with E-state index in [-0.39, 0.29) is 31.6 Å². The van der Waals surface area contributed by atoms with Gasteiger partial charge in [-0.3, -0.25) is 0 Å². The van der Waals surface area contributed by atoms with E-state index in [0.717, 1.165) is 0 Å². The van der Waals surface area contributed by atoms with Crippen molar-refractivity contribution in [3.63, 3.8) is 0 Å². The SMILES string of the molecule is NCC(=O)[O-].NCC(=O)[O-].[V+2]. The molecule has 7 heteroatoms. The Hall–Kier alpha value is -0.556. The summed E-state index contributed by atoms with van der Waals surface area (Å²) in [7, 11) is 0. The summed E-state index contributed by atoms with van der Waals surface area (Å²) in [6, 6.07) is 0. The summed E-state index contributed by atoms with van der Waals surface area (Å²) in [5, 5.41) is 18.3. The Balaban J connectivity index is -0.000000107. The topological polar surface area (TPSA) is 132 Å². The van der Waals surface area contributed by atoms with Crippen LogP contribution in [-0.2, 0) is 28.1 Å². The van der Waals surface area contributed by atoms with Gasteiger partial charge >= 0.3 is 18.6 Å². The van der Waals surface area contributed by atoms with E-state index in [1.165, 1.54) is 0 Å². The molecule has 0 aromatic carbocycles. The Morgan fingerprint density at radius 1 is 1.00 bits per heavy atom. The van der Waals surface area contributed by atoms with E-state index in [2.05, 4.69) is 11.5 Å². The van der Waals surface area contributed by atoms with E-state index in [9.17, 15) is 0 Å². The van der Waals surface area contributed by atoms with Crippen molar-refractivity contribution in [3.8, 4) is 0 Å². The van der Waals surface area contributed by atoms with Crippen molar-refractivity contribution in [2.45, 2.75) is 0 Å². The zero-order chi connectivity index (χ0) is 8.57. The van der Waals surface area contributed by atoms with E-state index < -0.39 is 11.9 Å². The Morgan fingerprint density at radius 3 is 1.09 bits per heavy atom. The van der Waals surface area contributed by atoms with Crippen LogP contribution >= 0.6 is 0 Å². The number of hydrogen-bond acceptors (Lipinski definition) is 6. The van der Waals surface area contributed by atoms with Crippen molar-refractivity contribution in [1.29, 1.82) is 0 Å². The molecule has 0 saturated carbocycles. The second-order valence-electron chi connectivity index (χ2n) is 1.15. The first-order valence-electron chi connectivity index (χ1n) is 2.34. The van der Waals surface area contributed by atoms with Gasteiger partial charge in [0.15, 0.2) is 0 Å². The Labute approximate surface area is 75.4 Å². The second-order valence-corrected chi connectivity index (χ2v) is 1.15. The smallest absolute Gasteiger partial charge is 0.549 e. The minimum absolute atomic E-state index is 0. The van der Waals surface area contributed by atoms with Crippen LogP contribution in [0.15, 0.2) is 0 Å². The van der Waals surface area contributed by atoms with Gasteiger partial charge in [0.2, 0.25) is 0 Å². The third-order valence-corrected chi connectivity index (χ3v) is 0.333. The molecule has 0 atom stereocenters. The van der Waals surface area contributed by atoms with Gasteiger partial charge in [0.1, 0.15) is 0 Å². The van der Waals surface area contributed by atoms with E-state index >= 15 is 0 Å². The summed E-state index contributed by atoms with van der Waals surface area (Å²) in [6.45, 7) is -0.778. The Morgan fingerprint density at radius 2 is 1.09 bits per heavy atom. The zero-order valence-corrected chi connectivity index (χ0v) is 7.05. The van der Waals surface area contributed by atoms with Crippen molar-refractivity contribution in [2.75, 3.05) is 13.1 Å². The van der Waals surface area contributed by atoms with E-state index in [1.54, 1.807) is 0 Å². The van der Waals surface area contributed by atoms with E-state index in [4.69, 9.17) is 19.8 Å². The third-order valence-electron chi connectivity index (χ3n) is 0.333. The summed E-state index contributed by atoms with van der Waals surface area (Å²) in [4.78, 5) is 18.3. The molecule has 0 rings (SSSR count). The van der Waals surface area contributed by atoms with Crippen LogP contribution < -0.4 is 21.7 Å². The van der Waals surface area contributed by atoms with Crippen LogP contribution in [0.25, 0.3) is 0 Å². The number of nitrogens with two attached hydrogens (primary N) is 2. The molecule has 11 heavy (non-hydrogen) atoms. The number of carbonyl (C=O) groups excluding carboxylic acids is 2. The standard InChI is InChI=1S/2C2H5NO2.V/c2*3-1-2(4)5;/h2*1,3H2,(H,4,5);/q;;+2/p-2. The van der Waals surface area contributed by atoms with Crippen molar-refractivity contribution >= 4 is 11.9 Å². The van der Waals surface area contributed by atoms with Crippen LogP contribution in [0.3, 0.4) is 0 Å².